The number of ether oxygens (including phenoxy) is 2. The monoisotopic (exact) mass is 312 g/mol. The summed E-state index contributed by atoms with van der Waals surface area (Å²) in [5.74, 6) is 1.59. The van der Waals surface area contributed by atoms with Crippen molar-refractivity contribution in [2.75, 3.05) is 6.61 Å². The van der Waals surface area contributed by atoms with Crippen LogP contribution in [0.15, 0.2) is 48.5 Å². The first-order valence-electron chi connectivity index (χ1n) is 8.16. The summed E-state index contributed by atoms with van der Waals surface area (Å²) in [7, 11) is 0. The Morgan fingerprint density at radius 1 is 0.957 bits per heavy atom. The van der Waals surface area contributed by atoms with Gasteiger partial charge in [0.15, 0.2) is 0 Å². The van der Waals surface area contributed by atoms with Gasteiger partial charge in [-0.1, -0.05) is 32.4 Å². The molecule has 0 aliphatic carbocycles. The minimum atomic E-state index is -0.343. The molecule has 2 rings (SSSR count). The first-order valence-corrected chi connectivity index (χ1v) is 8.16. The normalized spacial score (nSPS) is 11.8. The lowest BCUT2D eigenvalue weighted by Crippen LogP contribution is -2.08. The number of rotatable bonds is 7. The highest BCUT2D eigenvalue weighted by Gasteiger charge is 2.09. The van der Waals surface area contributed by atoms with E-state index in [0.29, 0.717) is 23.8 Å². The Balaban J connectivity index is 1.97. The third-order valence-corrected chi connectivity index (χ3v) is 3.82. The number of esters is 1. The fourth-order valence-electron chi connectivity index (χ4n) is 2.26. The highest BCUT2D eigenvalue weighted by Crippen LogP contribution is 2.19. The average molecular weight is 312 g/mol. The summed E-state index contributed by atoms with van der Waals surface area (Å²) in [5, 5.41) is 0. The molecule has 2 aromatic rings. The van der Waals surface area contributed by atoms with E-state index in [1.165, 1.54) is 5.56 Å². The highest BCUT2D eigenvalue weighted by atomic mass is 16.5. The van der Waals surface area contributed by atoms with Gasteiger partial charge in [-0.15, -0.1) is 0 Å². The molecule has 0 heterocycles. The minimum absolute atomic E-state index is 0.343. The first kappa shape index (κ1) is 17.1. The van der Waals surface area contributed by atoms with Crippen molar-refractivity contribution in [3.05, 3.63) is 59.7 Å². The number of benzene rings is 2. The quantitative estimate of drug-likeness (QED) is 0.539. The number of carbonyl (C=O) groups is 1. The van der Waals surface area contributed by atoms with Crippen LogP contribution in [0.3, 0.4) is 0 Å². The molecule has 23 heavy (non-hydrogen) atoms. The second kappa shape index (κ2) is 8.37. The molecule has 2 aromatic carbocycles. The molecule has 0 aliphatic heterocycles. The van der Waals surface area contributed by atoms with Crippen LogP contribution in [-0.2, 0) is 6.42 Å². The van der Waals surface area contributed by atoms with Gasteiger partial charge in [-0.25, -0.2) is 4.79 Å². The van der Waals surface area contributed by atoms with Crippen LogP contribution in [0, 0.1) is 5.92 Å². The maximum atomic E-state index is 12.2. The van der Waals surface area contributed by atoms with Gasteiger partial charge in [-0.2, -0.15) is 0 Å². The Bertz CT molecular complexity index is 614. The van der Waals surface area contributed by atoms with E-state index in [2.05, 4.69) is 13.8 Å². The predicted molar refractivity (Wildman–Crippen MR) is 92.2 cm³/mol. The Morgan fingerprint density at radius 2 is 1.57 bits per heavy atom. The fourth-order valence-corrected chi connectivity index (χ4v) is 2.26. The van der Waals surface area contributed by atoms with Crippen LogP contribution in [-0.4, -0.2) is 12.6 Å². The molecule has 1 unspecified atom stereocenters. The minimum Gasteiger partial charge on any atom is -0.494 e. The average Bonchev–Trinajstić information content (AvgIpc) is 2.57. The Kier molecular flexibility index (Phi) is 6.21. The molecule has 0 N–H and O–H groups in total. The van der Waals surface area contributed by atoms with Crippen molar-refractivity contribution >= 4 is 5.97 Å². The molecule has 0 saturated heterocycles. The lowest BCUT2D eigenvalue weighted by atomic mass is 9.98. The number of hydrogen-bond acceptors (Lipinski definition) is 3. The number of hydrogen-bond donors (Lipinski definition) is 0. The van der Waals surface area contributed by atoms with Crippen molar-refractivity contribution in [2.24, 2.45) is 5.92 Å². The van der Waals surface area contributed by atoms with Crippen LogP contribution < -0.4 is 9.47 Å². The smallest absolute Gasteiger partial charge is 0.343 e. The zero-order chi connectivity index (χ0) is 16.7. The Hall–Kier alpha value is -2.29. The summed E-state index contributed by atoms with van der Waals surface area (Å²) in [6, 6.07) is 14.7. The molecular formula is C20H24O3. The Labute approximate surface area is 138 Å². The molecule has 122 valence electrons. The molecule has 3 heteroatoms. The van der Waals surface area contributed by atoms with Gasteiger partial charge in [0.05, 0.1) is 12.2 Å². The Morgan fingerprint density at radius 3 is 2.13 bits per heavy atom. The van der Waals surface area contributed by atoms with Crippen molar-refractivity contribution in [3.8, 4) is 11.5 Å². The van der Waals surface area contributed by atoms with Crippen molar-refractivity contribution in [1.29, 1.82) is 0 Å². The van der Waals surface area contributed by atoms with E-state index in [1.54, 1.807) is 24.3 Å². The zero-order valence-corrected chi connectivity index (χ0v) is 14.0. The summed E-state index contributed by atoms with van der Waals surface area (Å²) < 4.78 is 10.7. The van der Waals surface area contributed by atoms with E-state index in [4.69, 9.17) is 9.47 Å². The van der Waals surface area contributed by atoms with Crippen LogP contribution in [0.1, 0.15) is 43.1 Å². The third-order valence-electron chi connectivity index (χ3n) is 3.82. The van der Waals surface area contributed by atoms with E-state index in [0.717, 1.165) is 18.6 Å². The zero-order valence-electron chi connectivity index (χ0n) is 14.0. The molecule has 0 saturated carbocycles. The van der Waals surface area contributed by atoms with Gasteiger partial charge < -0.3 is 9.47 Å². The van der Waals surface area contributed by atoms with Gasteiger partial charge in [0.25, 0.3) is 0 Å². The first-order chi connectivity index (χ1) is 11.1. The van der Waals surface area contributed by atoms with E-state index in [-0.39, 0.29) is 5.97 Å². The second-order valence-electron chi connectivity index (χ2n) is 5.71. The topological polar surface area (TPSA) is 35.5 Å². The second-order valence-corrected chi connectivity index (χ2v) is 5.71. The predicted octanol–water partition coefficient (Wildman–Crippen LogP) is 4.89. The molecule has 0 aromatic heterocycles. The van der Waals surface area contributed by atoms with E-state index in [9.17, 15) is 4.79 Å². The fraction of sp³-hybridized carbons (Fsp3) is 0.350. The summed E-state index contributed by atoms with van der Waals surface area (Å²) >= 11 is 0. The maximum absolute atomic E-state index is 12.2. The summed E-state index contributed by atoms with van der Waals surface area (Å²) in [6.45, 7) is 6.96. The van der Waals surface area contributed by atoms with Crippen molar-refractivity contribution in [1.82, 2.24) is 0 Å². The molecule has 0 aliphatic rings. The third kappa shape index (κ3) is 5.13. The van der Waals surface area contributed by atoms with Crippen LogP contribution in [0.5, 0.6) is 11.5 Å². The van der Waals surface area contributed by atoms with E-state index >= 15 is 0 Å². The lowest BCUT2D eigenvalue weighted by Gasteiger charge is -2.09. The van der Waals surface area contributed by atoms with Crippen LogP contribution >= 0.6 is 0 Å². The molecule has 0 fully saturated rings. The van der Waals surface area contributed by atoms with Gasteiger partial charge in [-0.3, -0.25) is 0 Å². The van der Waals surface area contributed by atoms with Gasteiger partial charge in [-0.05, 0) is 61.2 Å². The van der Waals surface area contributed by atoms with E-state index < -0.39 is 0 Å². The summed E-state index contributed by atoms with van der Waals surface area (Å²) in [6.07, 6.45) is 2.19. The highest BCUT2D eigenvalue weighted by molar-refractivity contribution is 5.91. The lowest BCUT2D eigenvalue weighted by molar-refractivity contribution is 0.0734. The van der Waals surface area contributed by atoms with Gasteiger partial charge in [0.1, 0.15) is 11.5 Å². The van der Waals surface area contributed by atoms with Crippen LogP contribution in [0.25, 0.3) is 0 Å². The van der Waals surface area contributed by atoms with Gasteiger partial charge >= 0.3 is 5.97 Å². The molecule has 1 atom stereocenters. The van der Waals surface area contributed by atoms with Gasteiger partial charge in [0, 0.05) is 0 Å². The van der Waals surface area contributed by atoms with Crippen LogP contribution in [0.4, 0.5) is 0 Å². The van der Waals surface area contributed by atoms with Crippen LogP contribution in [0.2, 0.25) is 0 Å². The molecule has 3 nitrogen and oxygen atoms in total. The van der Waals surface area contributed by atoms with E-state index in [1.807, 2.05) is 31.2 Å². The molecule has 0 bridgehead atoms. The van der Waals surface area contributed by atoms with Gasteiger partial charge in [0.2, 0.25) is 0 Å². The standard InChI is InChI=1S/C20H24O3/c1-4-15(3)14-16-6-8-17(9-7-16)20(21)23-19-12-10-18(11-13-19)22-5-2/h6-13,15H,4-5,14H2,1-3H3. The van der Waals surface area contributed by atoms with Crippen molar-refractivity contribution < 1.29 is 14.3 Å². The molecule has 0 amide bonds. The summed E-state index contributed by atoms with van der Waals surface area (Å²) in [5.41, 5.74) is 1.81. The maximum Gasteiger partial charge on any atom is 0.343 e. The molecular weight excluding hydrogens is 288 g/mol. The summed E-state index contributed by atoms with van der Waals surface area (Å²) in [4.78, 5) is 12.2. The largest absolute Gasteiger partial charge is 0.494 e. The SMILES string of the molecule is CCOc1ccc(OC(=O)c2ccc(CC(C)CC)cc2)cc1. The molecule has 0 radical (unpaired) electrons. The number of carbonyl (C=O) groups excluding carboxylic acids is 1. The molecule has 0 spiro atoms. The van der Waals surface area contributed by atoms with Crippen molar-refractivity contribution in [3.63, 3.8) is 0 Å². The van der Waals surface area contributed by atoms with Crippen molar-refractivity contribution in [2.45, 2.75) is 33.6 Å².